The molecular weight excluding hydrogens is 286 g/mol. The molecule has 0 aromatic heterocycles. The Balaban J connectivity index is 1.79. The number of hydrogen-bond donors (Lipinski definition) is 0. The summed E-state index contributed by atoms with van der Waals surface area (Å²) in [6.45, 7) is 4.59. The maximum absolute atomic E-state index is 12.2. The second-order valence-corrected chi connectivity index (χ2v) is 6.33. The topological polar surface area (TPSA) is 29.5 Å². The predicted octanol–water partition coefficient (Wildman–Crippen LogP) is 3.38. The van der Waals surface area contributed by atoms with E-state index in [0.29, 0.717) is 0 Å². The van der Waals surface area contributed by atoms with Gasteiger partial charge in [-0.1, -0.05) is 60.2 Å². The van der Waals surface area contributed by atoms with Gasteiger partial charge in [0.05, 0.1) is 13.0 Å². The average molecular weight is 309 g/mol. The zero-order chi connectivity index (χ0) is 16.2. The second kappa shape index (κ2) is 6.97. The van der Waals surface area contributed by atoms with Crippen LogP contribution in [-0.4, -0.2) is 31.1 Å². The van der Waals surface area contributed by atoms with Crippen LogP contribution in [-0.2, 0) is 16.1 Å². The molecule has 3 nitrogen and oxygen atoms in total. The van der Waals surface area contributed by atoms with Gasteiger partial charge in [-0.05, 0) is 18.1 Å². The number of nitrogens with zero attached hydrogens (tertiary/aromatic N) is 1. The van der Waals surface area contributed by atoms with E-state index >= 15 is 0 Å². The van der Waals surface area contributed by atoms with Gasteiger partial charge in [0.1, 0.15) is 0 Å². The summed E-state index contributed by atoms with van der Waals surface area (Å²) in [5, 5.41) is 0. The molecule has 23 heavy (non-hydrogen) atoms. The van der Waals surface area contributed by atoms with Crippen molar-refractivity contribution in [1.82, 2.24) is 4.90 Å². The molecule has 1 heterocycles. The normalized spacial score (nSPS) is 21.3. The van der Waals surface area contributed by atoms with Crippen LogP contribution >= 0.6 is 0 Å². The van der Waals surface area contributed by atoms with Crippen molar-refractivity contribution in [1.29, 1.82) is 0 Å². The maximum atomic E-state index is 12.2. The Morgan fingerprint density at radius 3 is 2.43 bits per heavy atom. The van der Waals surface area contributed by atoms with Crippen molar-refractivity contribution in [2.24, 2.45) is 5.92 Å². The smallest absolute Gasteiger partial charge is 0.310 e. The summed E-state index contributed by atoms with van der Waals surface area (Å²) in [6, 6.07) is 18.9. The summed E-state index contributed by atoms with van der Waals surface area (Å²) in [4.78, 5) is 14.6. The standard InChI is InChI=1S/C20H23NO2/c1-15-8-10-17(11-9-15)18-13-21(14-19(18)20(22)23-2)12-16-6-4-3-5-7-16/h3-11,18-19H,12-14H2,1-2H3. The first-order valence-corrected chi connectivity index (χ1v) is 8.08. The number of benzene rings is 2. The molecule has 1 aliphatic heterocycles. The van der Waals surface area contributed by atoms with Gasteiger partial charge in [0.25, 0.3) is 0 Å². The average Bonchev–Trinajstić information content (AvgIpc) is 2.99. The number of ether oxygens (including phenoxy) is 1. The molecule has 1 aliphatic rings. The van der Waals surface area contributed by atoms with Gasteiger partial charge in [-0.3, -0.25) is 9.69 Å². The lowest BCUT2D eigenvalue weighted by Crippen LogP contribution is -2.24. The zero-order valence-corrected chi connectivity index (χ0v) is 13.7. The zero-order valence-electron chi connectivity index (χ0n) is 13.7. The Kier molecular flexibility index (Phi) is 4.77. The van der Waals surface area contributed by atoms with Crippen LogP contribution < -0.4 is 0 Å². The van der Waals surface area contributed by atoms with Crippen LogP contribution in [0.4, 0.5) is 0 Å². The van der Waals surface area contributed by atoms with E-state index in [0.717, 1.165) is 19.6 Å². The molecule has 0 amide bonds. The number of esters is 1. The number of methoxy groups -OCH3 is 1. The molecule has 2 atom stereocenters. The molecule has 0 spiro atoms. The van der Waals surface area contributed by atoms with E-state index in [9.17, 15) is 4.79 Å². The number of likely N-dealkylation sites (tertiary alicyclic amines) is 1. The van der Waals surface area contributed by atoms with E-state index in [1.165, 1.54) is 23.8 Å². The van der Waals surface area contributed by atoms with Gasteiger partial charge in [-0.15, -0.1) is 0 Å². The minimum Gasteiger partial charge on any atom is -0.469 e. The van der Waals surface area contributed by atoms with Gasteiger partial charge in [-0.2, -0.15) is 0 Å². The van der Waals surface area contributed by atoms with E-state index in [1.54, 1.807) is 0 Å². The van der Waals surface area contributed by atoms with Crippen molar-refractivity contribution in [3.8, 4) is 0 Å². The third-order valence-corrected chi connectivity index (χ3v) is 4.65. The van der Waals surface area contributed by atoms with Crippen LogP contribution in [0.2, 0.25) is 0 Å². The number of hydrogen-bond acceptors (Lipinski definition) is 3. The van der Waals surface area contributed by atoms with Crippen molar-refractivity contribution in [3.63, 3.8) is 0 Å². The Labute approximate surface area is 137 Å². The van der Waals surface area contributed by atoms with E-state index in [4.69, 9.17) is 4.74 Å². The molecule has 1 saturated heterocycles. The van der Waals surface area contributed by atoms with E-state index < -0.39 is 0 Å². The molecule has 1 fully saturated rings. The molecule has 0 radical (unpaired) electrons. The third kappa shape index (κ3) is 3.62. The molecule has 2 unspecified atom stereocenters. The fraction of sp³-hybridized carbons (Fsp3) is 0.350. The molecule has 3 heteroatoms. The number of rotatable bonds is 4. The second-order valence-electron chi connectivity index (χ2n) is 6.33. The van der Waals surface area contributed by atoms with E-state index in [2.05, 4.69) is 60.4 Å². The molecule has 0 saturated carbocycles. The van der Waals surface area contributed by atoms with Gasteiger partial charge in [0, 0.05) is 25.6 Å². The third-order valence-electron chi connectivity index (χ3n) is 4.65. The van der Waals surface area contributed by atoms with Crippen molar-refractivity contribution in [2.75, 3.05) is 20.2 Å². The van der Waals surface area contributed by atoms with Gasteiger partial charge < -0.3 is 4.74 Å². The van der Waals surface area contributed by atoms with Crippen LogP contribution in [0, 0.1) is 12.8 Å². The van der Waals surface area contributed by atoms with Crippen molar-refractivity contribution in [2.45, 2.75) is 19.4 Å². The monoisotopic (exact) mass is 309 g/mol. The fourth-order valence-electron chi connectivity index (χ4n) is 3.40. The highest BCUT2D eigenvalue weighted by Crippen LogP contribution is 2.34. The van der Waals surface area contributed by atoms with Crippen LogP contribution in [0.3, 0.4) is 0 Å². The Bertz CT molecular complexity index is 651. The van der Waals surface area contributed by atoms with Crippen LogP contribution in [0.15, 0.2) is 54.6 Å². The summed E-state index contributed by atoms with van der Waals surface area (Å²) in [5.41, 5.74) is 3.74. The van der Waals surface area contributed by atoms with Gasteiger partial charge >= 0.3 is 5.97 Å². The summed E-state index contributed by atoms with van der Waals surface area (Å²) in [6.07, 6.45) is 0. The predicted molar refractivity (Wildman–Crippen MR) is 91.1 cm³/mol. The van der Waals surface area contributed by atoms with Crippen molar-refractivity contribution >= 4 is 5.97 Å². The highest BCUT2D eigenvalue weighted by molar-refractivity contribution is 5.74. The minimum absolute atomic E-state index is 0.0913. The summed E-state index contributed by atoms with van der Waals surface area (Å²) in [5.74, 6) is 0.00400. The fourth-order valence-corrected chi connectivity index (χ4v) is 3.40. The van der Waals surface area contributed by atoms with Crippen LogP contribution in [0.1, 0.15) is 22.6 Å². The number of carbonyl (C=O) groups excluding carboxylic acids is 1. The highest BCUT2D eigenvalue weighted by Gasteiger charge is 2.39. The summed E-state index contributed by atoms with van der Waals surface area (Å²) in [7, 11) is 1.48. The molecule has 3 rings (SSSR count). The first-order chi connectivity index (χ1) is 11.2. The SMILES string of the molecule is COC(=O)C1CN(Cc2ccccc2)CC1c1ccc(C)cc1. The molecular formula is C20H23NO2. The lowest BCUT2D eigenvalue weighted by Gasteiger charge is -2.17. The molecule has 2 aromatic carbocycles. The Morgan fingerprint density at radius 2 is 1.78 bits per heavy atom. The van der Waals surface area contributed by atoms with E-state index in [1.807, 2.05) is 6.07 Å². The number of carbonyl (C=O) groups is 1. The van der Waals surface area contributed by atoms with Crippen molar-refractivity contribution < 1.29 is 9.53 Å². The summed E-state index contributed by atoms with van der Waals surface area (Å²) >= 11 is 0. The Hall–Kier alpha value is -2.13. The first kappa shape index (κ1) is 15.8. The molecule has 0 aliphatic carbocycles. The van der Waals surface area contributed by atoms with Gasteiger partial charge in [0.2, 0.25) is 0 Å². The Morgan fingerprint density at radius 1 is 1.09 bits per heavy atom. The quantitative estimate of drug-likeness (QED) is 0.811. The lowest BCUT2D eigenvalue weighted by molar-refractivity contribution is -0.145. The summed E-state index contributed by atoms with van der Waals surface area (Å²) < 4.78 is 5.04. The molecule has 0 bridgehead atoms. The minimum atomic E-state index is -0.105. The number of aryl methyl sites for hydroxylation is 1. The molecule has 0 N–H and O–H groups in total. The largest absolute Gasteiger partial charge is 0.469 e. The molecule has 120 valence electrons. The molecule has 2 aromatic rings. The van der Waals surface area contributed by atoms with Crippen molar-refractivity contribution in [3.05, 3.63) is 71.3 Å². The highest BCUT2D eigenvalue weighted by atomic mass is 16.5. The van der Waals surface area contributed by atoms with Crippen LogP contribution in [0.25, 0.3) is 0 Å². The maximum Gasteiger partial charge on any atom is 0.310 e. The van der Waals surface area contributed by atoms with Gasteiger partial charge in [0.15, 0.2) is 0 Å². The first-order valence-electron chi connectivity index (χ1n) is 8.08. The lowest BCUT2D eigenvalue weighted by atomic mass is 9.88. The van der Waals surface area contributed by atoms with Crippen LogP contribution in [0.5, 0.6) is 0 Å². The van der Waals surface area contributed by atoms with E-state index in [-0.39, 0.29) is 17.8 Å². The van der Waals surface area contributed by atoms with Gasteiger partial charge in [-0.25, -0.2) is 0 Å².